The molecule has 0 spiro atoms. The van der Waals surface area contributed by atoms with Gasteiger partial charge in [-0.15, -0.1) is 0 Å². The van der Waals surface area contributed by atoms with Gasteiger partial charge >= 0.3 is 6.55 Å². The summed E-state index contributed by atoms with van der Waals surface area (Å²) in [5, 5.41) is 11.3. The van der Waals surface area contributed by atoms with Crippen LogP contribution in [0.15, 0.2) is 12.3 Å². The average Bonchev–Trinajstić information content (AvgIpc) is 2.91. The van der Waals surface area contributed by atoms with Crippen molar-refractivity contribution in [1.29, 1.82) is 0 Å². The first-order valence-electron chi connectivity index (χ1n) is 6.62. The van der Waals surface area contributed by atoms with Gasteiger partial charge in [-0.05, 0) is 26.3 Å². The zero-order valence-corrected chi connectivity index (χ0v) is 11.9. The Hall–Kier alpha value is -1.92. The number of hydrogen-bond donors (Lipinski definition) is 1. The second-order valence-corrected chi connectivity index (χ2v) is 4.74. The standard InChI is InChI=1S/C13H19F2N5/c1-4-5-19-11(6-9(2)17-19)7-16-12-8-20(13(14)15)18-10(12)3/h6,8,13,16H,4-5,7H2,1-3H3. The molecule has 20 heavy (non-hydrogen) atoms. The first-order valence-corrected chi connectivity index (χ1v) is 6.62. The fourth-order valence-corrected chi connectivity index (χ4v) is 2.09. The highest BCUT2D eigenvalue weighted by molar-refractivity contribution is 5.45. The van der Waals surface area contributed by atoms with Crippen LogP contribution in [0.2, 0.25) is 0 Å². The topological polar surface area (TPSA) is 47.7 Å². The lowest BCUT2D eigenvalue weighted by atomic mass is 10.3. The molecular weight excluding hydrogens is 264 g/mol. The lowest BCUT2D eigenvalue weighted by Crippen LogP contribution is -2.09. The third kappa shape index (κ3) is 3.15. The predicted octanol–water partition coefficient (Wildman–Crippen LogP) is 3.11. The smallest absolute Gasteiger partial charge is 0.333 e. The molecule has 0 saturated carbocycles. The molecule has 2 heterocycles. The van der Waals surface area contributed by atoms with Crippen molar-refractivity contribution in [3.63, 3.8) is 0 Å². The van der Waals surface area contributed by atoms with Gasteiger partial charge in [0.2, 0.25) is 0 Å². The summed E-state index contributed by atoms with van der Waals surface area (Å²) in [6.45, 7) is 4.50. The van der Waals surface area contributed by atoms with Gasteiger partial charge in [-0.2, -0.15) is 19.0 Å². The van der Waals surface area contributed by atoms with Crippen LogP contribution in [0.5, 0.6) is 0 Å². The van der Waals surface area contributed by atoms with Gasteiger partial charge < -0.3 is 5.32 Å². The minimum atomic E-state index is -2.61. The van der Waals surface area contributed by atoms with Crippen molar-refractivity contribution < 1.29 is 8.78 Å². The van der Waals surface area contributed by atoms with E-state index in [0.29, 0.717) is 22.6 Å². The summed E-state index contributed by atoms with van der Waals surface area (Å²) in [5.74, 6) is 0. The van der Waals surface area contributed by atoms with Gasteiger partial charge in [0, 0.05) is 6.54 Å². The molecule has 0 atom stereocenters. The summed E-state index contributed by atoms with van der Waals surface area (Å²) in [6, 6.07) is 2.00. The molecule has 2 aromatic rings. The highest BCUT2D eigenvalue weighted by Crippen LogP contribution is 2.18. The van der Waals surface area contributed by atoms with E-state index >= 15 is 0 Å². The maximum atomic E-state index is 12.6. The van der Waals surface area contributed by atoms with Crippen molar-refractivity contribution in [1.82, 2.24) is 19.6 Å². The van der Waals surface area contributed by atoms with Crippen molar-refractivity contribution in [2.24, 2.45) is 0 Å². The van der Waals surface area contributed by atoms with E-state index in [0.717, 1.165) is 24.4 Å². The molecule has 7 heteroatoms. The van der Waals surface area contributed by atoms with Crippen LogP contribution in [0, 0.1) is 13.8 Å². The van der Waals surface area contributed by atoms with Crippen LogP contribution >= 0.6 is 0 Å². The SMILES string of the molecule is CCCn1nc(C)cc1CNc1cn(C(F)F)nc1C. The molecule has 0 aliphatic carbocycles. The molecule has 2 aromatic heterocycles. The Kier molecular flexibility index (Phi) is 4.36. The van der Waals surface area contributed by atoms with E-state index in [4.69, 9.17) is 0 Å². The maximum Gasteiger partial charge on any atom is 0.333 e. The Morgan fingerprint density at radius 2 is 2.05 bits per heavy atom. The van der Waals surface area contributed by atoms with E-state index in [1.165, 1.54) is 6.20 Å². The van der Waals surface area contributed by atoms with Crippen molar-refractivity contribution in [3.8, 4) is 0 Å². The fourth-order valence-electron chi connectivity index (χ4n) is 2.09. The second-order valence-electron chi connectivity index (χ2n) is 4.74. The Labute approximate surface area is 116 Å². The van der Waals surface area contributed by atoms with E-state index in [2.05, 4.69) is 22.4 Å². The van der Waals surface area contributed by atoms with Gasteiger partial charge in [-0.3, -0.25) is 4.68 Å². The number of rotatable bonds is 6. The molecule has 0 aliphatic rings. The number of nitrogens with zero attached hydrogens (tertiary/aromatic N) is 4. The molecule has 0 aliphatic heterocycles. The molecule has 0 fully saturated rings. The van der Waals surface area contributed by atoms with Gasteiger partial charge in [0.15, 0.2) is 0 Å². The lowest BCUT2D eigenvalue weighted by Gasteiger charge is -2.07. The third-order valence-electron chi connectivity index (χ3n) is 3.00. The molecular formula is C13H19F2N5. The highest BCUT2D eigenvalue weighted by Gasteiger charge is 2.12. The molecule has 1 N–H and O–H groups in total. The van der Waals surface area contributed by atoms with E-state index in [9.17, 15) is 8.78 Å². The molecule has 2 rings (SSSR count). The van der Waals surface area contributed by atoms with Crippen molar-refractivity contribution >= 4 is 5.69 Å². The van der Waals surface area contributed by atoms with Gasteiger partial charge in [0.25, 0.3) is 0 Å². The third-order valence-corrected chi connectivity index (χ3v) is 3.00. The van der Waals surface area contributed by atoms with Crippen LogP contribution in [-0.4, -0.2) is 19.6 Å². The molecule has 0 saturated heterocycles. The molecule has 0 radical (unpaired) electrons. The van der Waals surface area contributed by atoms with Crippen molar-refractivity contribution in [2.75, 3.05) is 5.32 Å². The fraction of sp³-hybridized carbons (Fsp3) is 0.538. The monoisotopic (exact) mass is 283 g/mol. The average molecular weight is 283 g/mol. The lowest BCUT2D eigenvalue weighted by molar-refractivity contribution is 0.0563. The summed E-state index contributed by atoms with van der Waals surface area (Å²) in [6.07, 6.45) is 2.32. The van der Waals surface area contributed by atoms with Crippen LogP contribution in [0.4, 0.5) is 14.5 Å². The zero-order chi connectivity index (χ0) is 14.7. The van der Waals surface area contributed by atoms with E-state index < -0.39 is 6.55 Å². The number of alkyl halides is 2. The summed E-state index contributed by atoms with van der Waals surface area (Å²) in [5.41, 5.74) is 3.17. The van der Waals surface area contributed by atoms with Crippen molar-refractivity contribution in [3.05, 3.63) is 29.3 Å². The zero-order valence-electron chi connectivity index (χ0n) is 11.9. The number of hydrogen-bond acceptors (Lipinski definition) is 3. The van der Waals surface area contributed by atoms with Crippen LogP contribution in [0.25, 0.3) is 0 Å². The quantitative estimate of drug-likeness (QED) is 0.886. The van der Waals surface area contributed by atoms with Gasteiger partial charge in [0.1, 0.15) is 0 Å². The van der Waals surface area contributed by atoms with Crippen LogP contribution in [-0.2, 0) is 13.1 Å². The number of halogens is 2. The molecule has 5 nitrogen and oxygen atoms in total. The Bertz CT molecular complexity index is 573. The summed E-state index contributed by atoms with van der Waals surface area (Å²) in [4.78, 5) is 0. The predicted molar refractivity (Wildman–Crippen MR) is 72.8 cm³/mol. The van der Waals surface area contributed by atoms with Crippen LogP contribution < -0.4 is 5.32 Å². The Morgan fingerprint density at radius 1 is 1.30 bits per heavy atom. The van der Waals surface area contributed by atoms with Gasteiger partial charge in [-0.1, -0.05) is 6.92 Å². The number of aryl methyl sites for hydroxylation is 3. The first-order chi connectivity index (χ1) is 9.51. The maximum absolute atomic E-state index is 12.6. The van der Waals surface area contributed by atoms with E-state index in [1.807, 2.05) is 17.7 Å². The summed E-state index contributed by atoms with van der Waals surface area (Å²) >= 11 is 0. The number of aromatic nitrogens is 4. The number of nitrogens with one attached hydrogen (secondary N) is 1. The first kappa shape index (κ1) is 14.5. The Balaban J connectivity index is 2.08. The normalized spacial score (nSPS) is 11.3. The molecule has 0 aromatic carbocycles. The van der Waals surface area contributed by atoms with Crippen LogP contribution in [0.3, 0.4) is 0 Å². The van der Waals surface area contributed by atoms with Gasteiger partial charge in [-0.25, -0.2) is 4.68 Å². The number of anilines is 1. The highest BCUT2D eigenvalue weighted by atomic mass is 19.3. The van der Waals surface area contributed by atoms with E-state index in [-0.39, 0.29) is 0 Å². The largest absolute Gasteiger partial charge is 0.377 e. The van der Waals surface area contributed by atoms with Gasteiger partial charge in [0.05, 0.1) is 35.5 Å². The van der Waals surface area contributed by atoms with Crippen molar-refractivity contribution in [2.45, 2.75) is 46.8 Å². The van der Waals surface area contributed by atoms with Crippen LogP contribution in [0.1, 0.15) is 37.0 Å². The molecule has 0 unspecified atom stereocenters. The molecule has 0 amide bonds. The Morgan fingerprint density at radius 3 is 2.65 bits per heavy atom. The summed E-state index contributed by atoms with van der Waals surface area (Å²) < 4.78 is 27.7. The van der Waals surface area contributed by atoms with E-state index in [1.54, 1.807) is 6.92 Å². The second kappa shape index (κ2) is 6.02. The minimum absolute atomic E-state index is 0.538. The summed E-state index contributed by atoms with van der Waals surface area (Å²) in [7, 11) is 0. The minimum Gasteiger partial charge on any atom is -0.377 e. The molecule has 0 bridgehead atoms. The molecule has 110 valence electrons.